The Kier molecular flexibility index (Phi) is 8.54. The van der Waals surface area contributed by atoms with Gasteiger partial charge < -0.3 is 20.7 Å². The number of carbonyl (C=O) groups excluding carboxylic acids is 1. The summed E-state index contributed by atoms with van der Waals surface area (Å²) < 4.78 is 58.1. The van der Waals surface area contributed by atoms with Gasteiger partial charge in [-0.05, 0) is 51.1 Å². The highest BCUT2D eigenvalue weighted by molar-refractivity contribution is 5.85. The third-order valence-electron chi connectivity index (χ3n) is 5.57. The number of pyridine rings is 1. The van der Waals surface area contributed by atoms with Crippen molar-refractivity contribution in [2.24, 2.45) is 5.92 Å². The maximum absolute atomic E-state index is 14.5. The van der Waals surface area contributed by atoms with Crippen molar-refractivity contribution in [3.05, 3.63) is 17.4 Å². The van der Waals surface area contributed by atoms with Gasteiger partial charge in [-0.1, -0.05) is 0 Å². The first kappa shape index (κ1) is 24.5. The third kappa shape index (κ3) is 6.10. The molecule has 2 aliphatic rings. The van der Waals surface area contributed by atoms with Crippen LogP contribution < -0.4 is 20.7 Å². The second-order valence-electron chi connectivity index (χ2n) is 7.59. The molecule has 1 unspecified atom stereocenters. The molecule has 1 saturated heterocycles. The zero-order valence-corrected chi connectivity index (χ0v) is 17.5. The van der Waals surface area contributed by atoms with Crippen molar-refractivity contribution in [3.63, 3.8) is 0 Å². The number of halogens is 5. The summed E-state index contributed by atoms with van der Waals surface area (Å²) >= 11 is 0. The molecule has 11 heteroatoms. The lowest BCUT2D eigenvalue weighted by Gasteiger charge is -2.30. The molecular weight excluding hydrogens is 428 g/mol. The van der Waals surface area contributed by atoms with Gasteiger partial charge in [0.2, 0.25) is 11.8 Å². The van der Waals surface area contributed by atoms with Crippen molar-refractivity contribution < 1.29 is 27.1 Å². The molecule has 2 fully saturated rings. The van der Waals surface area contributed by atoms with Gasteiger partial charge >= 0.3 is 6.18 Å². The van der Waals surface area contributed by atoms with Gasteiger partial charge in [0, 0.05) is 18.2 Å². The summed E-state index contributed by atoms with van der Waals surface area (Å²) in [7, 11) is 1.39. The maximum atomic E-state index is 14.5. The van der Waals surface area contributed by atoms with Crippen LogP contribution in [0.5, 0.6) is 5.88 Å². The zero-order valence-electron chi connectivity index (χ0n) is 16.7. The Morgan fingerprint density at radius 1 is 1.27 bits per heavy atom. The summed E-state index contributed by atoms with van der Waals surface area (Å²) in [5.41, 5.74) is 0.391. The average molecular weight is 455 g/mol. The Bertz CT molecular complexity index is 721. The molecule has 3 N–H and O–H groups in total. The number of anilines is 1. The van der Waals surface area contributed by atoms with Gasteiger partial charge in [0.05, 0.1) is 19.1 Å². The van der Waals surface area contributed by atoms with Crippen LogP contribution in [0.4, 0.5) is 23.4 Å². The Balaban J connectivity index is 0.00000320. The highest BCUT2D eigenvalue weighted by Gasteiger charge is 2.41. The Labute approximate surface area is 178 Å². The minimum Gasteiger partial charge on any atom is -0.481 e. The normalized spacial score (nSPS) is 24.1. The van der Waals surface area contributed by atoms with Gasteiger partial charge in [0.1, 0.15) is 0 Å². The lowest BCUT2D eigenvalue weighted by Crippen LogP contribution is -2.40. The molecule has 0 spiro atoms. The van der Waals surface area contributed by atoms with Gasteiger partial charge in [-0.15, -0.1) is 12.4 Å². The zero-order chi connectivity index (χ0) is 21.0. The summed E-state index contributed by atoms with van der Waals surface area (Å²) in [5, 5.41) is 8.74. The van der Waals surface area contributed by atoms with E-state index in [1.54, 1.807) is 0 Å². The standard InChI is InChI=1S/C19H26F4N4O2.ClH/c1-29-18-11(10-25-17(28)15-3-2-8-24-15)9-14(20)16(27-18)26-13-6-4-12(5-7-13)19(21,22)23;/h9,12-13,15,24H,2-8,10H2,1H3,(H,25,28)(H,26,27);1H. The molecule has 1 aliphatic carbocycles. The monoisotopic (exact) mass is 454 g/mol. The van der Waals surface area contributed by atoms with E-state index in [9.17, 15) is 22.4 Å². The number of nitrogens with one attached hydrogen (secondary N) is 3. The van der Waals surface area contributed by atoms with Crippen LogP contribution in [-0.2, 0) is 11.3 Å². The van der Waals surface area contributed by atoms with Crippen molar-refractivity contribution in [3.8, 4) is 5.88 Å². The number of rotatable bonds is 6. The van der Waals surface area contributed by atoms with Gasteiger partial charge in [0.15, 0.2) is 11.6 Å². The number of hydrogen-bond donors (Lipinski definition) is 3. The van der Waals surface area contributed by atoms with Gasteiger partial charge in [0.25, 0.3) is 0 Å². The summed E-state index contributed by atoms with van der Waals surface area (Å²) in [6.07, 6.45) is -1.88. The molecule has 1 aliphatic heterocycles. The number of aromatic nitrogens is 1. The van der Waals surface area contributed by atoms with Gasteiger partial charge in [-0.2, -0.15) is 18.2 Å². The molecule has 3 rings (SSSR count). The minimum absolute atomic E-state index is 0. The fraction of sp³-hybridized carbons (Fsp3) is 0.684. The lowest BCUT2D eigenvalue weighted by atomic mass is 9.85. The second-order valence-corrected chi connectivity index (χ2v) is 7.59. The van der Waals surface area contributed by atoms with Crippen LogP contribution in [0, 0.1) is 11.7 Å². The van der Waals surface area contributed by atoms with Gasteiger partial charge in [-0.3, -0.25) is 4.79 Å². The van der Waals surface area contributed by atoms with Crippen LogP contribution >= 0.6 is 12.4 Å². The molecule has 30 heavy (non-hydrogen) atoms. The molecule has 1 saturated carbocycles. The van der Waals surface area contributed by atoms with Gasteiger partial charge in [-0.25, -0.2) is 4.39 Å². The first-order chi connectivity index (χ1) is 13.8. The topological polar surface area (TPSA) is 75.3 Å². The first-order valence-electron chi connectivity index (χ1n) is 9.85. The van der Waals surface area contributed by atoms with Crippen molar-refractivity contribution in [1.82, 2.24) is 15.6 Å². The number of amides is 1. The molecule has 1 aromatic heterocycles. The van der Waals surface area contributed by atoms with Crippen LogP contribution in [0.3, 0.4) is 0 Å². The molecule has 1 amide bonds. The molecular formula is C19H27ClF4N4O2. The predicted molar refractivity (Wildman–Crippen MR) is 106 cm³/mol. The average Bonchev–Trinajstić information content (AvgIpc) is 3.22. The Hall–Kier alpha value is -1.81. The van der Waals surface area contributed by atoms with E-state index in [1.807, 2.05) is 0 Å². The summed E-state index contributed by atoms with van der Waals surface area (Å²) in [6, 6.07) is 0.712. The summed E-state index contributed by atoms with van der Waals surface area (Å²) in [6.45, 7) is 0.865. The largest absolute Gasteiger partial charge is 0.481 e. The number of nitrogens with zero attached hydrogens (tertiary/aromatic N) is 1. The smallest absolute Gasteiger partial charge is 0.391 e. The van der Waals surface area contributed by atoms with E-state index in [1.165, 1.54) is 13.2 Å². The first-order valence-corrected chi connectivity index (χ1v) is 9.85. The lowest BCUT2D eigenvalue weighted by molar-refractivity contribution is -0.182. The highest BCUT2D eigenvalue weighted by Crippen LogP contribution is 2.38. The molecule has 2 heterocycles. The van der Waals surface area contributed by atoms with Crippen LogP contribution in [0.1, 0.15) is 44.1 Å². The molecule has 1 atom stereocenters. The minimum atomic E-state index is -4.18. The van der Waals surface area contributed by atoms with E-state index < -0.39 is 17.9 Å². The number of alkyl halides is 3. The fourth-order valence-electron chi connectivity index (χ4n) is 3.89. The van der Waals surface area contributed by atoms with Crippen LogP contribution in [0.2, 0.25) is 0 Å². The maximum Gasteiger partial charge on any atom is 0.391 e. The van der Waals surface area contributed by atoms with E-state index in [2.05, 4.69) is 20.9 Å². The van der Waals surface area contributed by atoms with Crippen LogP contribution in [0.25, 0.3) is 0 Å². The molecule has 1 aromatic rings. The number of methoxy groups -OCH3 is 1. The third-order valence-corrected chi connectivity index (χ3v) is 5.57. The quantitative estimate of drug-likeness (QED) is 0.573. The molecule has 6 nitrogen and oxygen atoms in total. The van der Waals surface area contributed by atoms with Crippen molar-refractivity contribution >= 4 is 24.1 Å². The Morgan fingerprint density at radius 2 is 1.97 bits per heavy atom. The predicted octanol–water partition coefficient (Wildman–Crippen LogP) is 3.55. The highest BCUT2D eigenvalue weighted by atomic mass is 35.5. The van der Waals surface area contributed by atoms with Crippen LogP contribution in [0.15, 0.2) is 6.07 Å². The molecule has 0 bridgehead atoms. The summed E-state index contributed by atoms with van der Waals surface area (Å²) in [4.78, 5) is 16.2. The number of hydrogen-bond acceptors (Lipinski definition) is 5. The summed E-state index contributed by atoms with van der Waals surface area (Å²) in [5.74, 6) is -1.98. The number of carbonyl (C=O) groups is 1. The van der Waals surface area contributed by atoms with E-state index in [0.717, 1.165) is 19.4 Å². The van der Waals surface area contributed by atoms with E-state index in [4.69, 9.17) is 4.74 Å². The van der Waals surface area contributed by atoms with E-state index >= 15 is 0 Å². The number of ether oxygens (including phenoxy) is 1. The molecule has 0 radical (unpaired) electrons. The van der Waals surface area contributed by atoms with E-state index in [0.29, 0.717) is 18.4 Å². The van der Waals surface area contributed by atoms with Crippen LogP contribution in [-0.4, -0.2) is 42.8 Å². The Morgan fingerprint density at radius 3 is 2.53 bits per heavy atom. The van der Waals surface area contributed by atoms with Crippen molar-refractivity contribution in [1.29, 1.82) is 0 Å². The van der Waals surface area contributed by atoms with Crippen molar-refractivity contribution in [2.45, 2.75) is 63.3 Å². The SMILES string of the molecule is COc1nc(NC2CCC(C(F)(F)F)CC2)c(F)cc1CNC(=O)C1CCCN1.Cl. The van der Waals surface area contributed by atoms with E-state index in [-0.39, 0.29) is 61.5 Å². The van der Waals surface area contributed by atoms with Crippen molar-refractivity contribution in [2.75, 3.05) is 19.0 Å². The second kappa shape index (κ2) is 10.5. The molecule has 170 valence electrons. The fourth-order valence-corrected chi connectivity index (χ4v) is 3.89. The molecule has 0 aromatic carbocycles.